The molecule has 0 aliphatic carbocycles. The number of hydrogen-bond acceptors (Lipinski definition) is 4. The number of aryl methyl sites for hydroxylation is 1. The fraction of sp³-hybridized carbons (Fsp3) is 0.444. The van der Waals surface area contributed by atoms with E-state index in [-0.39, 0.29) is 18.4 Å². The lowest BCUT2D eigenvalue weighted by Gasteiger charge is -2.24. The number of para-hydroxylation sites is 1. The van der Waals surface area contributed by atoms with Gasteiger partial charge in [-0.2, -0.15) is 0 Å². The molecule has 0 unspecified atom stereocenters. The highest BCUT2D eigenvalue weighted by Crippen LogP contribution is 2.19. The third-order valence-corrected chi connectivity index (χ3v) is 4.28. The van der Waals surface area contributed by atoms with Gasteiger partial charge in [0.2, 0.25) is 0 Å². The summed E-state index contributed by atoms with van der Waals surface area (Å²) in [6.45, 7) is 4.64. The first-order valence-corrected chi connectivity index (χ1v) is 8.11. The van der Waals surface area contributed by atoms with Gasteiger partial charge < -0.3 is 18.9 Å². The molecule has 0 radical (unpaired) electrons. The molecule has 0 N–H and O–H groups in total. The molecule has 1 aliphatic heterocycles. The van der Waals surface area contributed by atoms with E-state index in [0.29, 0.717) is 19.7 Å². The summed E-state index contributed by atoms with van der Waals surface area (Å²) in [7, 11) is 1.69. The minimum atomic E-state index is -0.0194. The van der Waals surface area contributed by atoms with Crippen molar-refractivity contribution in [2.75, 3.05) is 26.9 Å². The van der Waals surface area contributed by atoms with Gasteiger partial charge in [-0.25, -0.2) is 4.98 Å². The number of rotatable bonds is 5. The van der Waals surface area contributed by atoms with Crippen LogP contribution in [0.3, 0.4) is 0 Å². The molecule has 6 nitrogen and oxygen atoms in total. The predicted molar refractivity (Wildman–Crippen MR) is 89.7 cm³/mol. The molecule has 0 spiro atoms. The minimum Gasteiger partial charge on any atom is -0.484 e. The number of nitrogens with zero attached hydrogens (tertiary/aromatic N) is 3. The summed E-state index contributed by atoms with van der Waals surface area (Å²) in [5.41, 5.74) is 2.06. The lowest BCUT2D eigenvalue weighted by atomic mass is 10.1. The Kier molecular flexibility index (Phi) is 5.15. The lowest BCUT2D eigenvalue weighted by Crippen LogP contribution is -2.38. The Hall–Kier alpha value is -2.34. The van der Waals surface area contributed by atoms with Crippen LogP contribution in [0.1, 0.15) is 11.3 Å². The smallest absolute Gasteiger partial charge is 0.260 e. The summed E-state index contributed by atoms with van der Waals surface area (Å²) in [5.74, 6) is 0.973. The van der Waals surface area contributed by atoms with Crippen molar-refractivity contribution in [3.8, 4) is 5.75 Å². The van der Waals surface area contributed by atoms with Crippen molar-refractivity contribution in [2.45, 2.75) is 20.0 Å². The third kappa shape index (κ3) is 3.76. The summed E-state index contributed by atoms with van der Waals surface area (Å²) in [6.07, 6.45) is 3.63. The van der Waals surface area contributed by atoms with Crippen molar-refractivity contribution in [1.29, 1.82) is 0 Å². The first-order valence-electron chi connectivity index (χ1n) is 8.11. The van der Waals surface area contributed by atoms with Crippen LogP contribution in [-0.2, 0) is 22.6 Å². The average Bonchev–Trinajstić information content (AvgIpc) is 2.93. The van der Waals surface area contributed by atoms with Crippen LogP contribution in [-0.4, -0.2) is 47.2 Å². The molecule has 0 saturated heterocycles. The Morgan fingerprint density at radius 3 is 2.96 bits per heavy atom. The molecule has 0 fully saturated rings. The summed E-state index contributed by atoms with van der Waals surface area (Å²) in [6, 6.07) is 7.72. The summed E-state index contributed by atoms with van der Waals surface area (Å²) in [4.78, 5) is 18.7. The quantitative estimate of drug-likeness (QED) is 0.840. The van der Waals surface area contributed by atoms with Crippen molar-refractivity contribution >= 4 is 5.91 Å². The highest BCUT2D eigenvalue weighted by atomic mass is 16.5. The fourth-order valence-corrected chi connectivity index (χ4v) is 3.03. The number of hydrogen-bond donors (Lipinski definition) is 0. The van der Waals surface area contributed by atoms with Crippen LogP contribution in [0.5, 0.6) is 5.75 Å². The van der Waals surface area contributed by atoms with Gasteiger partial charge in [-0.1, -0.05) is 18.2 Å². The van der Waals surface area contributed by atoms with Gasteiger partial charge >= 0.3 is 0 Å². The van der Waals surface area contributed by atoms with E-state index in [1.807, 2.05) is 48.6 Å². The molecule has 24 heavy (non-hydrogen) atoms. The Balaban J connectivity index is 1.68. The number of fused-ring (bicyclic) bond motifs is 1. The summed E-state index contributed by atoms with van der Waals surface area (Å²) >= 11 is 0. The van der Waals surface area contributed by atoms with Crippen molar-refractivity contribution in [3.05, 3.63) is 48.0 Å². The van der Waals surface area contributed by atoms with E-state index in [4.69, 9.17) is 9.47 Å². The molecular formula is C18H23N3O3. The first-order chi connectivity index (χ1) is 11.7. The molecule has 1 aromatic heterocycles. The minimum absolute atomic E-state index is 0.0194. The van der Waals surface area contributed by atoms with E-state index in [0.717, 1.165) is 23.6 Å². The zero-order chi connectivity index (χ0) is 16.9. The van der Waals surface area contributed by atoms with E-state index in [2.05, 4.69) is 9.55 Å². The lowest BCUT2D eigenvalue weighted by molar-refractivity contribution is -0.134. The van der Waals surface area contributed by atoms with E-state index in [9.17, 15) is 4.79 Å². The molecular weight excluding hydrogens is 306 g/mol. The second kappa shape index (κ2) is 7.49. The highest BCUT2D eigenvalue weighted by molar-refractivity contribution is 5.77. The van der Waals surface area contributed by atoms with Crippen LogP contribution in [0.4, 0.5) is 0 Å². The summed E-state index contributed by atoms with van der Waals surface area (Å²) < 4.78 is 13.1. The summed E-state index contributed by atoms with van der Waals surface area (Å²) in [5, 5.41) is 0. The van der Waals surface area contributed by atoms with Crippen LogP contribution in [0, 0.1) is 12.8 Å². The maximum absolute atomic E-state index is 12.6. The van der Waals surface area contributed by atoms with Crippen LogP contribution in [0.2, 0.25) is 0 Å². The molecule has 0 bridgehead atoms. The van der Waals surface area contributed by atoms with Gasteiger partial charge in [0.05, 0.1) is 25.2 Å². The molecule has 1 aliphatic rings. The molecule has 3 rings (SSSR count). The first kappa shape index (κ1) is 16.5. The van der Waals surface area contributed by atoms with Gasteiger partial charge in [0, 0.05) is 32.3 Å². The Bertz CT molecular complexity index is 698. The monoisotopic (exact) mass is 329 g/mol. The number of aromatic nitrogens is 2. The number of amides is 1. The van der Waals surface area contributed by atoms with Crippen molar-refractivity contribution in [1.82, 2.24) is 14.5 Å². The van der Waals surface area contributed by atoms with Gasteiger partial charge in [-0.3, -0.25) is 4.79 Å². The maximum Gasteiger partial charge on any atom is 0.260 e. The number of carbonyl (C=O) groups excluding carboxylic acids is 1. The van der Waals surface area contributed by atoms with Crippen LogP contribution >= 0.6 is 0 Å². The molecule has 1 atom stereocenters. The van der Waals surface area contributed by atoms with E-state index < -0.39 is 0 Å². The Labute approximate surface area is 142 Å². The Morgan fingerprint density at radius 2 is 2.17 bits per heavy atom. The topological polar surface area (TPSA) is 56.6 Å². The largest absolute Gasteiger partial charge is 0.484 e. The van der Waals surface area contributed by atoms with E-state index in [1.54, 1.807) is 7.11 Å². The van der Waals surface area contributed by atoms with Crippen molar-refractivity contribution in [3.63, 3.8) is 0 Å². The maximum atomic E-state index is 12.6. The van der Waals surface area contributed by atoms with E-state index >= 15 is 0 Å². The van der Waals surface area contributed by atoms with Gasteiger partial charge in [0.1, 0.15) is 5.75 Å². The Morgan fingerprint density at radius 1 is 1.33 bits per heavy atom. The third-order valence-electron chi connectivity index (χ3n) is 4.28. The molecule has 0 saturated carbocycles. The zero-order valence-corrected chi connectivity index (χ0v) is 14.1. The zero-order valence-electron chi connectivity index (χ0n) is 14.1. The normalized spacial score (nSPS) is 17.2. The number of methoxy groups -OCH3 is 1. The number of carbonyl (C=O) groups is 1. The highest BCUT2D eigenvalue weighted by Gasteiger charge is 2.25. The average molecular weight is 329 g/mol. The second-order valence-electron chi connectivity index (χ2n) is 6.19. The predicted octanol–water partition coefficient (Wildman–Crippen LogP) is 1.88. The van der Waals surface area contributed by atoms with Crippen LogP contribution in [0.25, 0.3) is 0 Å². The van der Waals surface area contributed by atoms with Crippen molar-refractivity contribution in [2.24, 2.45) is 5.92 Å². The number of ether oxygens (including phenoxy) is 2. The van der Waals surface area contributed by atoms with Gasteiger partial charge in [0.25, 0.3) is 5.91 Å². The molecule has 2 aromatic rings. The van der Waals surface area contributed by atoms with Gasteiger partial charge in [-0.05, 0) is 18.6 Å². The standard InChI is InChI=1S/C18H23N3O3/c1-14-5-3-4-6-17(14)24-12-18(22)20-8-15(11-23-2)9-21-13-19-7-16(21)10-20/h3-7,13,15H,8-12H2,1-2H3/t15-/m0/s1. The number of imidazole rings is 1. The van der Waals surface area contributed by atoms with Gasteiger partial charge in [0.15, 0.2) is 6.61 Å². The molecule has 1 amide bonds. The molecule has 2 heterocycles. The molecule has 128 valence electrons. The van der Waals surface area contributed by atoms with Crippen molar-refractivity contribution < 1.29 is 14.3 Å². The fourth-order valence-electron chi connectivity index (χ4n) is 3.03. The molecule has 1 aromatic carbocycles. The van der Waals surface area contributed by atoms with Crippen LogP contribution < -0.4 is 4.74 Å². The SMILES string of the molecule is COC[C@H]1CN(C(=O)COc2ccccc2C)Cc2cncn2C1. The second-order valence-corrected chi connectivity index (χ2v) is 6.19. The molecule has 6 heteroatoms. The number of benzene rings is 1. The van der Waals surface area contributed by atoms with Crippen LogP contribution in [0.15, 0.2) is 36.8 Å². The van der Waals surface area contributed by atoms with Gasteiger partial charge in [-0.15, -0.1) is 0 Å². The van der Waals surface area contributed by atoms with E-state index in [1.165, 1.54) is 0 Å².